The quantitative estimate of drug-likeness (QED) is 0.438. The first-order chi connectivity index (χ1) is 15.3. The third-order valence-corrected chi connectivity index (χ3v) is 6.61. The Labute approximate surface area is 195 Å². The second-order valence-corrected chi connectivity index (χ2v) is 8.58. The molecule has 2 N–H and O–H groups in total. The van der Waals surface area contributed by atoms with E-state index in [-0.39, 0.29) is 17.9 Å². The van der Waals surface area contributed by atoms with Crippen LogP contribution in [0.25, 0.3) is 0 Å². The maximum Gasteiger partial charge on any atom is 0.341 e. The lowest BCUT2D eigenvalue weighted by Crippen LogP contribution is -2.15. The van der Waals surface area contributed by atoms with E-state index in [9.17, 15) is 14.4 Å². The first-order valence-corrected chi connectivity index (χ1v) is 11.1. The van der Waals surface area contributed by atoms with E-state index in [1.165, 1.54) is 7.11 Å². The Balaban J connectivity index is 1.82. The number of amides is 2. The Kier molecular flexibility index (Phi) is 7.66. The standard InChI is InChI=1S/C24H23ClN2O4S/c1-14-17(25)10-7-11-18(14)26-22(29)21-15(2)20(24(30)31-3)23(32-21)27-19(28)13-12-16-8-5-4-6-9-16/h4-11H,12-13H2,1-3H3,(H,26,29)(H,27,28). The average Bonchev–Trinajstić information content (AvgIpc) is 3.11. The second kappa shape index (κ2) is 10.4. The van der Waals surface area contributed by atoms with Gasteiger partial charge in [0.05, 0.1) is 17.6 Å². The van der Waals surface area contributed by atoms with Crippen molar-refractivity contribution in [2.45, 2.75) is 26.7 Å². The van der Waals surface area contributed by atoms with Gasteiger partial charge in [-0.2, -0.15) is 0 Å². The summed E-state index contributed by atoms with van der Waals surface area (Å²) in [5, 5.41) is 6.43. The predicted molar refractivity (Wildman–Crippen MR) is 128 cm³/mol. The predicted octanol–water partition coefficient (Wildman–Crippen LogP) is 5.63. The Morgan fingerprint density at radius 2 is 1.69 bits per heavy atom. The number of ether oxygens (including phenoxy) is 1. The molecule has 0 bridgehead atoms. The highest BCUT2D eigenvalue weighted by Crippen LogP contribution is 2.35. The van der Waals surface area contributed by atoms with Crippen LogP contribution in [-0.4, -0.2) is 24.9 Å². The monoisotopic (exact) mass is 470 g/mol. The molecule has 8 heteroatoms. The minimum absolute atomic E-state index is 0.179. The Hall–Kier alpha value is -3.16. The van der Waals surface area contributed by atoms with Gasteiger partial charge in [0.1, 0.15) is 5.00 Å². The second-order valence-electron chi connectivity index (χ2n) is 7.15. The third kappa shape index (κ3) is 5.36. The largest absolute Gasteiger partial charge is 0.465 e. The highest BCUT2D eigenvalue weighted by molar-refractivity contribution is 7.18. The van der Waals surface area contributed by atoms with Gasteiger partial charge in [0.25, 0.3) is 5.91 Å². The lowest BCUT2D eigenvalue weighted by atomic mass is 10.1. The van der Waals surface area contributed by atoms with Gasteiger partial charge in [-0.25, -0.2) is 4.79 Å². The molecule has 6 nitrogen and oxygen atoms in total. The number of aryl methyl sites for hydroxylation is 1. The lowest BCUT2D eigenvalue weighted by molar-refractivity contribution is -0.116. The molecular formula is C24H23ClN2O4S. The van der Waals surface area contributed by atoms with Gasteiger partial charge in [-0.15, -0.1) is 11.3 Å². The molecule has 2 amide bonds. The van der Waals surface area contributed by atoms with Gasteiger partial charge in [-0.3, -0.25) is 9.59 Å². The fourth-order valence-corrected chi connectivity index (χ4v) is 4.46. The zero-order chi connectivity index (χ0) is 23.3. The summed E-state index contributed by atoms with van der Waals surface area (Å²) in [6, 6.07) is 14.9. The molecule has 0 fully saturated rings. The minimum atomic E-state index is -0.616. The summed E-state index contributed by atoms with van der Waals surface area (Å²) in [6.45, 7) is 3.46. The summed E-state index contributed by atoms with van der Waals surface area (Å²) < 4.78 is 4.88. The molecule has 1 aromatic heterocycles. The molecule has 0 saturated carbocycles. The van der Waals surface area contributed by atoms with Crippen LogP contribution in [0.3, 0.4) is 0 Å². The van der Waals surface area contributed by atoms with Crippen LogP contribution in [0.4, 0.5) is 10.7 Å². The van der Waals surface area contributed by atoms with Crippen LogP contribution < -0.4 is 10.6 Å². The van der Waals surface area contributed by atoms with Crippen LogP contribution >= 0.6 is 22.9 Å². The maximum atomic E-state index is 13.0. The molecule has 3 rings (SSSR count). The van der Waals surface area contributed by atoms with Crippen molar-refractivity contribution in [1.82, 2.24) is 0 Å². The van der Waals surface area contributed by atoms with Crippen LogP contribution in [-0.2, 0) is 16.0 Å². The highest BCUT2D eigenvalue weighted by atomic mass is 35.5. The number of rotatable bonds is 7. The summed E-state index contributed by atoms with van der Waals surface area (Å²) in [7, 11) is 1.26. The molecule has 32 heavy (non-hydrogen) atoms. The number of methoxy groups -OCH3 is 1. The number of esters is 1. The number of benzene rings is 2. The van der Waals surface area contributed by atoms with Crippen LogP contribution in [0.1, 0.15) is 43.1 Å². The van der Waals surface area contributed by atoms with Crippen molar-refractivity contribution < 1.29 is 19.1 Å². The van der Waals surface area contributed by atoms with E-state index in [0.717, 1.165) is 22.5 Å². The van der Waals surface area contributed by atoms with Crippen molar-refractivity contribution in [2.24, 2.45) is 0 Å². The summed E-state index contributed by atoms with van der Waals surface area (Å²) in [6.07, 6.45) is 0.802. The lowest BCUT2D eigenvalue weighted by Gasteiger charge is -2.09. The maximum absolute atomic E-state index is 13.0. The Bertz CT molecular complexity index is 1160. The van der Waals surface area contributed by atoms with Crippen molar-refractivity contribution in [3.63, 3.8) is 0 Å². The molecule has 0 aliphatic rings. The SMILES string of the molecule is COC(=O)c1c(NC(=O)CCc2ccccc2)sc(C(=O)Nc2cccc(Cl)c2C)c1C. The Morgan fingerprint density at radius 1 is 0.969 bits per heavy atom. The number of hydrogen-bond acceptors (Lipinski definition) is 5. The normalized spacial score (nSPS) is 10.5. The van der Waals surface area contributed by atoms with E-state index in [4.69, 9.17) is 16.3 Å². The fourth-order valence-electron chi connectivity index (χ4n) is 3.18. The molecule has 0 radical (unpaired) electrons. The molecule has 0 spiro atoms. The van der Waals surface area contributed by atoms with Crippen LogP contribution in [0, 0.1) is 13.8 Å². The zero-order valence-electron chi connectivity index (χ0n) is 18.0. The van der Waals surface area contributed by atoms with Crippen molar-refractivity contribution in [1.29, 1.82) is 0 Å². The van der Waals surface area contributed by atoms with E-state index in [1.54, 1.807) is 32.0 Å². The van der Waals surface area contributed by atoms with Gasteiger partial charge < -0.3 is 15.4 Å². The molecule has 0 aliphatic carbocycles. The number of carbonyl (C=O) groups excluding carboxylic acids is 3. The fraction of sp³-hybridized carbons (Fsp3) is 0.208. The number of nitrogens with one attached hydrogen (secondary N) is 2. The number of carbonyl (C=O) groups is 3. The molecule has 0 saturated heterocycles. The van der Waals surface area contributed by atoms with Gasteiger partial charge in [0, 0.05) is 17.1 Å². The molecule has 3 aromatic rings. The highest BCUT2D eigenvalue weighted by Gasteiger charge is 2.26. The topological polar surface area (TPSA) is 84.5 Å². The van der Waals surface area contributed by atoms with Crippen LogP contribution in [0.2, 0.25) is 5.02 Å². The smallest absolute Gasteiger partial charge is 0.341 e. The average molecular weight is 471 g/mol. The van der Waals surface area contributed by atoms with Gasteiger partial charge >= 0.3 is 5.97 Å². The van der Waals surface area contributed by atoms with E-state index >= 15 is 0 Å². The van der Waals surface area contributed by atoms with Crippen molar-refractivity contribution in [3.8, 4) is 0 Å². The third-order valence-electron chi connectivity index (χ3n) is 4.99. The molecular weight excluding hydrogens is 448 g/mol. The van der Waals surface area contributed by atoms with E-state index in [0.29, 0.717) is 32.6 Å². The van der Waals surface area contributed by atoms with Gasteiger partial charge in [-0.05, 0) is 49.1 Å². The van der Waals surface area contributed by atoms with Crippen molar-refractivity contribution in [3.05, 3.63) is 80.7 Å². The summed E-state index contributed by atoms with van der Waals surface area (Å²) >= 11 is 7.18. The van der Waals surface area contributed by atoms with Crippen molar-refractivity contribution in [2.75, 3.05) is 17.7 Å². The van der Waals surface area contributed by atoms with E-state index < -0.39 is 11.9 Å². The first-order valence-electron chi connectivity index (χ1n) is 9.93. The number of halogens is 1. The zero-order valence-corrected chi connectivity index (χ0v) is 19.5. The molecule has 0 unspecified atom stereocenters. The molecule has 0 aliphatic heterocycles. The van der Waals surface area contributed by atoms with Crippen LogP contribution in [0.15, 0.2) is 48.5 Å². The van der Waals surface area contributed by atoms with Crippen molar-refractivity contribution >= 4 is 51.4 Å². The van der Waals surface area contributed by atoms with Crippen LogP contribution in [0.5, 0.6) is 0 Å². The number of hydrogen-bond donors (Lipinski definition) is 2. The number of anilines is 2. The molecule has 166 valence electrons. The molecule has 2 aromatic carbocycles. The summed E-state index contributed by atoms with van der Waals surface area (Å²) in [4.78, 5) is 38.2. The summed E-state index contributed by atoms with van der Waals surface area (Å²) in [5.74, 6) is -1.26. The van der Waals surface area contributed by atoms with Gasteiger partial charge in [0.15, 0.2) is 0 Å². The van der Waals surface area contributed by atoms with Gasteiger partial charge in [-0.1, -0.05) is 48.0 Å². The van der Waals surface area contributed by atoms with Gasteiger partial charge in [0.2, 0.25) is 5.91 Å². The number of thiophene rings is 1. The first kappa shape index (κ1) is 23.5. The van der Waals surface area contributed by atoms with E-state index in [1.807, 2.05) is 30.3 Å². The summed E-state index contributed by atoms with van der Waals surface area (Å²) in [5.41, 5.74) is 2.97. The molecule has 0 atom stereocenters. The Morgan fingerprint density at radius 3 is 2.38 bits per heavy atom. The molecule has 1 heterocycles. The minimum Gasteiger partial charge on any atom is -0.465 e. The van der Waals surface area contributed by atoms with E-state index in [2.05, 4.69) is 10.6 Å².